The summed E-state index contributed by atoms with van der Waals surface area (Å²) in [5, 5.41) is 13.3. The summed E-state index contributed by atoms with van der Waals surface area (Å²) in [6, 6.07) is 16.0. The van der Waals surface area contributed by atoms with Gasteiger partial charge in [-0.15, -0.1) is 0 Å². The summed E-state index contributed by atoms with van der Waals surface area (Å²) >= 11 is 0. The second kappa shape index (κ2) is 6.98. The first-order valence-electron chi connectivity index (χ1n) is 10.7. The SMILES string of the molecule is C=C1C(=O)Oc2ccc3ccccc3c2[C@@H]1c1cc(C(C)(C)C)c(O)c(C(C)(C)C)c1. The molecule has 0 aromatic heterocycles. The number of phenols is 1. The summed E-state index contributed by atoms with van der Waals surface area (Å²) in [6.45, 7) is 16.7. The van der Waals surface area contributed by atoms with Crippen LogP contribution >= 0.6 is 0 Å². The number of hydrogen-bond acceptors (Lipinski definition) is 3. The molecule has 0 bridgehead atoms. The van der Waals surface area contributed by atoms with Gasteiger partial charge in [-0.2, -0.15) is 0 Å². The number of fused-ring (bicyclic) bond motifs is 3. The lowest BCUT2D eigenvalue weighted by molar-refractivity contribution is -0.131. The molecular formula is C28H30O3. The van der Waals surface area contributed by atoms with Crippen molar-refractivity contribution in [3.63, 3.8) is 0 Å². The summed E-state index contributed by atoms with van der Waals surface area (Å²) in [5.74, 6) is 0.148. The Morgan fingerprint density at radius 1 is 0.903 bits per heavy atom. The Kier molecular flexibility index (Phi) is 4.77. The molecule has 0 fully saturated rings. The van der Waals surface area contributed by atoms with Crippen LogP contribution in [0.15, 0.2) is 60.7 Å². The van der Waals surface area contributed by atoms with Gasteiger partial charge in [0.1, 0.15) is 11.5 Å². The molecule has 0 saturated carbocycles. The van der Waals surface area contributed by atoms with Crippen LogP contribution in [-0.2, 0) is 15.6 Å². The molecule has 1 aliphatic heterocycles. The van der Waals surface area contributed by atoms with E-state index in [2.05, 4.69) is 60.3 Å². The molecule has 3 heteroatoms. The van der Waals surface area contributed by atoms with E-state index in [0.717, 1.165) is 33.0 Å². The highest BCUT2D eigenvalue weighted by Crippen LogP contribution is 2.48. The monoisotopic (exact) mass is 414 g/mol. The van der Waals surface area contributed by atoms with Gasteiger partial charge in [-0.05, 0) is 44.4 Å². The first-order chi connectivity index (χ1) is 14.4. The van der Waals surface area contributed by atoms with E-state index in [4.69, 9.17) is 4.74 Å². The average Bonchev–Trinajstić information content (AvgIpc) is 2.67. The Bertz CT molecular complexity index is 1180. The van der Waals surface area contributed by atoms with E-state index in [9.17, 15) is 9.90 Å². The summed E-state index contributed by atoms with van der Waals surface area (Å²) < 4.78 is 5.63. The van der Waals surface area contributed by atoms with E-state index in [-0.39, 0.29) is 16.7 Å². The highest BCUT2D eigenvalue weighted by Gasteiger charge is 2.36. The molecule has 3 aromatic carbocycles. The van der Waals surface area contributed by atoms with E-state index < -0.39 is 5.97 Å². The van der Waals surface area contributed by atoms with Gasteiger partial charge in [0.15, 0.2) is 0 Å². The molecule has 1 N–H and O–H groups in total. The van der Waals surface area contributed by atoms with Gasteiger partial charge >= 0.3 is 5.97 Å². The average molecular weight is 415 g/mol. The zero-order valence-electron chi connectivity index (χ0n) is 19.2. The number of hydrogen-bond donors (Lipinski definition) is 1. The predicted octanol–water partition coefficient (Wildman–Crippen LogP) is 6.75. The van der Waals surface area contributed by atoms with E-state index in [1.54, 1.807) is 0 Å². The maximum Gasteiger partial charge on any atom is 0.339 e. The van der Waals surface area contributed by atoms with Crippen LogP contribution in [0.1, 0.15) is 69.7 Å². The second-order valence-corrected chi connectivity index (χ2v) is 10.5. The minimum atomic E-state index is -0.407. The number of aromatic hydroxyl groups is 1. The number of phenolic OH excluding ortho intramolecular Hbond substituents is 1. The lowest BCUT2D eigenvalue weighted by atomic mass is 9.74. The smallest absolute Gasteiger partial charge is 0.339 e. The van der Waals surface area contributed by atoms with Crippen molar-refractivity contribution in [2.45, 2.75) is 58.3 Å². The maximum absolute atomic E-state index is 12.7. The van der Waals surface area contributed by atoms with Gasteiger partial charge in [0.05, 0.1) is 0 Å². The zero-order valence-corrected chi connectivity index (χ0v) is 19.2. The van der Waals surface area contributed by atoms with Gasteiger partial charge in [-0.3, -0.25) is 0 Å². The first kappa shape index (κ1) is 21.2. The third kappa shape index (κ3) is 3.52. The molecule has 1 atom stereocenters. The molecule has 0 radical (unpaired) electrons. The Hall–Kier alpha value is -3.07. The lowest BCUT2D eigenvalue weighted by Crippen LogP contribution is -2.25. The number of carbonyl (C=O) groups excluding carboxylic acids is 1. The summed E-state index contributed by atoms with van der Waals surface area (Å²) in [4.78, 5) is 12.7. The molecule has 4 rings (SSSR count). The molecule has 3 aromatic rings. The van der Waals surface area contributed by atoms with Gasteiger partial charge in [-0.25, -0.2) is 4.79 Å². The molecule has 0 spiro atoms. The Morgan fingerprint density at radius 2 is 1.48 bits per heavy atom. The van der Waals surface area contributed by atoms with Gasteiger partial charge in [0.2, 0.25) is 0 Å². The molecule has 1 aliphatic rings. The van der Waals surface area contributed by atoms with Crippen molar-refractivity contribution in [2.24, 2.45) is 0 Å². The van der Waals surface area contributed by atoms with Crippen LogP contribution in [-0.4, -0.2) is 11.1 Å². The molecule has 0 unspecified atom stereocenters. The Morgan fingerprint density at radius 3 is 2.06 bits per heavy atom. The molecule has 0 saturated heterocycles. The molecule has 3 nitrogen and oxygen atoms in total. The highest BCUT2D eigenvalue weighted by atomic mass is 16.5. The second-order valence-electron chi connectivity index (χ2n) is 10.5. The van der Waals surface area contributed by atoms with E-state index in [0.29, 0.717) is 17.1 Å². The van der Waals surface area contributed by atoms with E-state index in [1.165, 1.54) is 0 Å². The van der Waals surface area contributed by atoms with Crippen LogP contribution in [0.2, 0.25) is 0 Å². The molecular weight excluding hydrogens is 384 g/mol. The van der Waals surface area contributed by atoms with Crippen molar-refractivity contribution in [2.75, 3.05) is 0 Å². The fraction of sp³-hybridized carbons (Fsp3) is 0.321. The van der Waals surface area contributed by atoms with Crippen molar-refractivity contribution in [1.82, 2.24) is 0 Å². The molecule has 0 amide bonds. The zero-order chi connectivity index (χ0) is 22.7. The molecule has 1 heterocycles. The number of benzene rings is 3. The number of rotatable bonds is 1. The van der Waals surface area contributed by atoms with Crippen molar-refractivity contribution in [1.29, 1.82) is 0 Å². The summed E-state index contributed by atoms with van der Waals surface area (Å²) in [5.41, 5.74) is 3.51. The van der Waals surface area contributed by atoms with Crippen molar-refractivity contribution in [3.05, 3.63) is 82.9 Å². The van der Waals surface area contributed by atoms with E-state index in [1.807, 2.05) is 36.4 Å². The van der Waals surface area contributed by atoms with Crippen LogP contribution in [0.25, 0.3) is 10.8 Å². The van der Waals surface area contributed by atoms with Gasteiger partial charge in [0.25, 0.3) is 0 Å². The normalized spacial score (nSPS) is 16.9. The highest BCUT2D eigenvalue weighted by molar-refractivity contribution is 5.99. The first-order valence-corrected chi connectivity index (χ1v) is 10.7. The van der Waals surface area contributed by atoms with E-state index >= 15 is 0 Å². The minimum Gasteiger partial charge on any atom is -0.507 e. The standard InChI is InChI=1S/C28H30O3/c1-16-23(18-14-20(27(2,3)4)25(29)21(15-18)28(5,6)7)24-19-11-9-8-10-17(19)12-13-22(24)31-26(16)30/h8-15,23,29H,1H2,2-7H3/t23-/m0/s1. The number of ether oxygens (including phenoxy) is 1. The number of esters is 1. The van der Waals surface area contributed by atoms with Crippen molar-refractivity contribution < 1.29 is 14.6 Å². The third-order valence-corrected chi connectivity index (χ3v) is 6.11. The largest absolute Gasteiger partial charge is 0.507 e. The quantitative estimate of drug-likeness (QED) is 0.272. The topological polar surface area (TPSA) is 46.5 Å². The van der Waals surface area contributed by atoms with Crippen LogP contribution in [0.4, 0.5) is 0 Å². The molecule has 0 aliphatic carbocycles. The third-order valence-electron chi connectivity index (χ3n) is 6.11. The predicted molar refractivity (Wildman–Crippen MR) is 126 cm³/mol. The summed E-state index contributed by atoms with van der Waals surface area (Å²) in [7, 11) is 0. The summed E-state index contributed by atoms with van der Waals surface area (Å²) in [6.07, 6.45) is 0. The van der Waals surface area contributed by atoms with Crippen molar-refractivity contribution >= 4 is 16.7 Å². The lowest BCUT2D eigenvalue weighted by Gasteiger charge is -2.32. The fourth-order valence-corrected chi connectivity index (χ4v) is 4.45. The van der Waals surface area contributed by atoms with Crippen LogP contribution < -0.4 is 4.74 Å². The minimum absolute atomic E-state index is 0.266. The van der Waals surface area contributed by atoms with Crippen LogP contribution in [0.3, 0.4) is 0 Å². The van der Waals surface area contributed by atoms with Gasteiger partial charge in [0, 0.05) is 17.1 Å². The van der Waals surface area contributed by atoms with Gasteiger partial charge < -0.3 is 9.84 Å². The molecule has 160 valence electrons. The maximum atomic E-state index is 12.7. The Balaban J connectivity index is 2.08. The Labute approximate surface area is 184 Å². The van der Waals surface area contributed by atoms with Crippen LogP contribution in [0.5, 0.6) is 11.5 Å². The number of carbonyl (C=O) groups is 1. The van der Waals surface area contributed by atoms with Gasteiger partial charge in [-0.1, -0.05) is 90.6 Å². The fourth-order valence-electron chi connectivity index (χ4n) is 4.45. The molecule has 31 heavy (non-hydrogen) atoms. The van der Waals surface area contributed by atoms with Crippen molar-refractivity contribution in [3.8, 4) is 11.5 Å². The van der Waals surface area contributed by atoms with Crippen LogP contribution in [0, 0.1) is 0 Å².